The van der Waals surface area contributed by atoms with E-state index in [-0.39, 0.29) is 24.5 Å². The third kappa shape index (κ3) is 7.66. The Kier molecular flexibility index (Phi) is 10.5. The monoisotopic (exact) mass is 568 g/mol. The standard InChI is InChI=1S/C34H36N2O6/c1-4-5-6-11-20-35-33(38)41-28-18-16-24-12-7-9-14-26(24)30(28)31-27-15-10-8-13-25(27)17-19-29(31)42-34(39)36-21-22-40-32(37)23(2)3/h7-10,12-19H,2,4-6,11,20-22H2,1,3H3,(H,35,38)(H,36,39). The highest BCUT2D eigenvalue weighted by Gasteiger charge is 2.22. The van der Waals surface area contributed by atoms with Gasteiger partial charge in [-0.3, -0.25) is 0 Å². The summed E-state index contributed by atoms with van der Waals surface area (Å²) in [7, 11) is 0. The van der Waals surface area contributed by atoms with Crippen LogP contribution in [0, 0.1) is 0 Å². The molecule has 0 aliphatic heterocycles. The fraction of sp³-hybridized carbons (Fsp3) is 0.265. The molecule has 218 valence electrons. The highest BCUT2D eigenvalue weighted by molar-refractivity contribution is 6.10. The molecule has 2 amide bonds. The number of amides is 2. The van der Waals surface area contributed by atoms with Gasteiger partial charge in [-0.05, 0) is 47.0 Å². The van der Waals surface area contributed by atoms with E-state index >= 15 is 0 Å². The molecule has 0 aromatic heterocycles. The van der Waals surface area contributed by atoms with Gasteiger partial charge in [0.15, 0.2) is 0 Å². The van der Waals surface area contributed by atoms with Crippen molar-refractivity contribution in [3.05, 3.63) is 84.9 Å². The van der Waals surface area contributed by atoms with Crippen molar-refractivity contribution in [3.8, 4) is 22.6 Å². The topological polar surface area (TPSA) is 103 Å². The second kappa shape index (κ2) is 14.7. The lowest BCUT2D eigenvalue weighted by molar-refractivity contribution is -0.138. The molecule has 0 aliphatic carbocycles. The van der Waals surface area contributed by atoms with Gasteiger partial charge >= 0.3 is 18.2 Å². The van der Waals surface area contributed by atoms with Gasteiger partial charge in [0.25, 0.3) is 0 Å². The van der Waals surface area contributed by atoms with E-state index in [1.807, 2.05) is 60.7 Å². The minimum Gasteiger partial charge on any atom is -0.460 e. The molecular formula is C34H36N2O6. The van der Waals surface area contributed by atoms with E-state index in [1.165, 1.54) is 0 Å². The van der Waals surface area contributed by atoms with Crippen LogP contribution in [0.1, 0.15) is 39.5 Å². The maximum Gasteiger partial charge on any atom is 0.412 e. The molecule has 0 radical (unpaired) electrons. The summed E-state index contributed by atoms with van der Waals surface area (Å²) in [6.45, 7) is 7.78. The average molecular weight is 569 g/mol. The summed E-state index contributed by atoms with van der Waals surface area (Å²) in [6, 6.07) is 22.7. The molecule has 0 atom stereocenters. The largest absolute Gasteiger partial charge is 0.460 e. The second-order valence-corrected chi connectivity index (χ2v) is 9.93. The number of hydrogen-bond acceptors (Lipinski definition) is 6. The van der Waals surface area contributed by atoms with Gasteiger partial charge in [-0.15, -0.1) is 0 Å². The van der Waals surface area contributed by atoms with Crippen molar-refractivity contribution in [1.29, 1.82) is 0 Å². The zero-order chi connectivity index (χ0) is 29.9. The van der Waals surface area contributed by atoms with E-state index in [1.54, 1.807) is 19.1 Å². The Morgan fingerprint density at radius 3 is 1.74 bits per heavy atom. The molecule has 4 aromatic carbocycles. The zero-order valence-corrected chi connectivity index (χ0v) is 24.0. The van der Waals surface area contributed by atoms with E-state index in [0.29, 0.717) is 23.4 Å². The molecule has 0 aliphatic rings. The lowest BCUT2D eigenvalue weighted by atomic mass is 9.92. The minimum absolute atomic E-state index is 0.0275. The van der Waals surface area contributed by atoms with Gasteiger partial charge in [0.1, 0.15) is 18.1 Å². The Hall–Kier alpha value is -4.85. The molecular weight excluding hydrogens is 532 g/mol. The van der Waals surface area contributed by atoms with Crippen LogP contribution in [0.2, 0.25) is 0 Å². The molecule has 0 unspecified atom stereocenters. The fourth-order valence-electron chi connectivity index (χ4n) is 4.62. The number of carbonyl (C=O) groups is 3. The third-order valence-electron chi connectivity index (χ3n) is 6.69. The molecule has 0 heterocycles. The van der Waals surface area contributed by atoms with Gasteiger partial charge in [0, 0.05) is 23.2 Å². The van der Waals surface area contributed by atoms with Crippen molar-refractivity contribution in [2.24, 2.45) is 0 Å². The lowest BCUT2D eigenvalue weighted by Crippen LogP contribution is -2.30. The van der Waals surface area contributed by atoms with Gasteiger partial charge in [0.05, 0.1) is 6.54 Å². The van der Waals surface area contributed by atoms with Gasteiger partial charge in [-0.2, -0.15) is 0 Å². The first kappa shape index (κ1) is 30.1. The van der Waals surface area contributed by atoms with Crippen molar-refractivity contribution in [2.75, 3.05) is 19.7 Å². The maximum atomic E-state index is 12.9. The van der Waals surface area contributed by atoms with Gasteiger partial charge in [-0.1, -0.05) is 93.4 Å². The smallest absolute Gasteiger partial charge is 0.412 e. The quantitative estimate of drug-likeness (QED) is 0.104. The van der Waals surface area contributed by atoms with Crippen molar-refractivity contribution in [3.63, 3.8) is 0 Å². The van der Waals surface area contributed by atoms with Crippen LogP contribution in [0.3, 0.4) is 0 Å². The Balaban J connectivity index is 1.68. The summed E-state index contributed by atoms with van der Waals surface area (Å²) in [4.78, 5) is 37.3. The van der Waals surface area contributed by atoms with Gasteiger partial charge < -0.3 is 24.8 Å². The summed E-state index contributed by atoms with van der Waals surface area (Å²) < 4.78 is 16.7. The first-order chi connectivity index (χ1) is 20.4. The van der Waals surface area contributed by atoms with Crippen LogP contribution in [0.25, 0.3) is 32.7 Å². The molecule has 4 aromatic rings. The number of nitrogens with one attached hydrogen (secondary N) is 2. The normalized spacial score (nSPS) is 10.7. The highest BCUT2D eigenvalue weighted by atomic mass is 16.6. The van der Waals surface area contributed by atoms with Crippen LogP contribution in [0.15, 0.2) is 84.9 Å². The van der Waals surface area contributed by atoms with Crippen LogP contribution in [-0.2, 0) is 9.53 Å². The lowest BCUT2D eigenvalue weighted by Gasteiger charge is -2.19. The molecule has 4 rings (SSSR count). The Labute approximate surface area is 245 Å². The number of benzene rings is 4. The van der Waals surface area contributed by atoms with Crippen molar-refractivity contribution in [1.82, 2.24) is 10.6 Å². The molecule has 8 nitrogen and oxygen atoms in total. The molecule has 0 bridgehead atoms. The molecule has 0 saturated carbocycles. The van der Waals surface area contributed by atoms with Crippen LogP contribution in [-0.4, -0.2) is 37.9 Å². The maximum absolute atomic E-state index is 12.9. The summed E-state index contributed by atoms with van der Waals surface area (Å²) in [5.74, 6) is 0.0925. The van der Waals surface area contributed by atoms with E-state index in [4.69, 9.17) is 14.2 Å². The zero-order valence-electron chi connectivity index (χ0n) is 24.0. The molecule has 0 fully saturated rings. The van der Waals surface area contributed by atoms with E-state index in [0.717, 1.165) is 47.2 Å². The predicted molar refractivity (Wildman–Crippen MR) is 165 cm³/mol. The number of fused-ring (bicyclic) bond motifs is 2. The van der Waals surface area contributed by atoms with Crippen LogP contribution in [0.4, 0.5) is 9.59 Å². The average Bonchev–Trinajstić information content (AvgIpc) is 2.99. The summed E-state index contributed by atoms with van der Waals surface area (Å²) >= 11 is 0. The summed E-state index contributed by atoms with van der Waals surface area (Å²) in [5, 5.41) is 8.96. The number of unbranched alkanes of at least 4 members (excludes halogenated alkanes) is 3. The number of ether oxygens (including phenoxy) is 3. The van der Waals surface area contributed by atoms with Crippen molar-refractivity contribution in [2.45, 2.75) is 39.5 Å². The van der Waals surface area contributed by atoms with Crippen LogP contribution >= 0.6 is 0 Å². The SMILES string of the molecule is C=C(C)C(=O)OCCNC(=O)Oc1ccc2ccccc2c1-c1c(OC(=O)NCCCCCC)ccc2ccccc12. The summed E-state index contributed by atoms with van der Waals surface area (Å²) in [5.41, 5.74) is 1.51. The first-order valence-corrected chi connectivity index (χ1v) is 14.2. The highest BCUT2D eigenvalue weighted by Crippen LogP contribution is 2.45. The van der Waals surface area contributed by atoms with E-state index < -0.39 is 18.2 Å². The number of carbonyl (C=O) groups excluding carboxylic acids is 3. The Morgan fingerprint density at radius 2 is 1.21 bits per heavy atom. The molecule has 0 saturated heterocycles. The number of esters is 1. The molecule has 2 N–H and O–H groups in total. The fourth-order valence-corrected chi connectivity index (χ4v) is 4.62. The Morgan fingerprint density at radius 1 is 0.690 bits per heavy atom. The van der Waals surface area contributed by atoms with Crippen molar-refractivity contribution >= 4 is 39.7 Å². The molecule has 0 spiro atoms. The first-order valence-electron chi connectivity index (χ1n) is 14.2. The van der Waals surface area contributed by atoms with Gasteiger partial charge in [-0.25, -0.2) is 14.4 Å². The van der Waals surface area contributed by atoms with E-state index in [9.17, 15) is 14.4 Å². The molecule has 42 heavy (non-hydrogen) atoms. The summed E-state index contributed by atoms with van der Waals surface area (Å²) in [6.07, 6.45) is 2.87. The van der Waals surface area contributed by atoms with Gasteiger partial charge in [0.2, 0.25) is 0 Å². The Bertz CT molecular complexity index is 1600. The number of rotatable bonds is 12. The second-order valence-electron chi connectivity index (χ2n) is 9.93. The molecule has 8 heteroatoms. The predicted octanol–water partition coefficient (Wildman–Crippen LogP) is 7.54. The van der Waals surface area contributed by atoms with Crippen LogP contribution in [0.5, 0.6) is 11.5 Å². The third-order valence-corrected chi connectivity index (χ3v) is 6.69. The van der Waals surface area contributed by atoms with E-state index in [2.05, 4.69) is 24.1 Å². The van der Waals surface area contributed by atoms with Crippen LogP contribution < -0.4 is 20.1 Å². The number of hydrogen-bond donors (Lipinski definition) is 2. The van der Waals surface area contributed by atoms with Crippen molar-refractivity contribution < 1.29 is 28.6 Å². The minimum atomic E-state index is -0.717.